The molecule has 5 nitrogen and oxygen atoms in total. The Labute approximate surface area is 292 Å². The molecule has 4 aromatic heterocycles. The Morgan fingerprint density at radius 1 is 0.462 bits per heavy atom. The van der Waals surface area contributed by atoms with Gasteiger partial charge in [-0.25, -0.2) is 4.98 Å². The summed E-state index contributed by atoms with van der Waals surface area (Å²) in [5.41, 5.74) is 9.42. The van der Waals surface area contributed by atoms with Crippen LogP contribution in [0.5, 0.6) is 0 Å². The topological polar surface area (TPSA) is 49.0 Å². The molecule has 0 atom stereocenters. The number of para-hydroxylation sites is 2. The van der Waals surface area contributed by atoms with E-state index in [9.17, 15) is 13.2 Å². The van der Waals surface area contributed by atoms with E-state index >= 15 is 0 Å². The first-order valence-electron chi connectivity index (χ1n) is 16.8. The normalized spacial score (nSPS) is 12.5. The molecule has 7 aromatic carbocycles. The van der Waals surface area contributed by atoms with Crippen LogP contribution in [0.15, 0.2) is 155 Å². The van der Waals surface area contributed by atoms with Gasteiger partial charge in [-0.2, -0.15) is 13.2 Å². The Bertz CT molecular complexity index is 3200. The summed E-state index contributed by atoms with van der Waals surface area (Å²) < 4.78 is 58.3. The Hall–Kier alpha value is -6.80. The number of hydrogen-bond donors (Lipinski definition) is 0. The number of furan rings is 1. The van der Waals surface area contributed by atoms with Crippen molar-refractivity contribution >= 4 is 76.6 Å². The summed E-state index contributed by atoms with van der Waals surface area (Å²) in [6.07, 6.45) is -3.09. The molecule has 0 saturated heterocycles. The first-order valence-corrected chi connectivity index (χ1v) is 16.8. The average molecular weight is 684 g/mol. The van der Waals surface area contributed by atoms with Gasteiger partial charge in [0.25, 0.3) is 0 Å². The van der Waals surface area contributed by atoms with Gasteiger partial charge in [0.2, 0.25) is 0 Å². The summed E-state index contributed by atoms with van der Waals surface area (Å²) in [6, 6.07) is 44.6. The lowest BCUT2D eigenvalue weighted by atomic mass is 10.0. The predicted octanol–water partition coefficient (Wildman–Crippen LogP) is 12.6. The Balaban J connectivity index is 1.13. The van der Waals surface area contributed by atoms with Gasteiger partial charge in [0, 0.05) is 43.7 Å². The maximum Gasteiger partial charge on any atom is 0.416 e. The van der Waals surface area contributed by atoms with E-state index in [4.69, 9.17) is 8.83 Å². The first kappa shape index (κ1) is 29.0. The minimum absolute atomic E-state index is 0.514. The Morgan fingerprint density at radius 2 is 1.00 bits per heavy atom. The van der Waals surface area contributed by atoms with Crippen LogP contribution in [0.1, 0.15) is 5.56 Å². The van der Waals surface area contributed by atoms with Crippen LogP contribution in [0, 0.1) is 0 Å². The Morgan fingerprint density at radius 3 is 1.65 bits per heavy atom. The molecule has 0 unspecified atom stereocenters. The average Bonchev–Trinajstić information content (AvgIpc) is 3.94. The summed E-state index contributed by atoms with van der Waals surface area (Å²) in [4.78, 5) is 4.28. The molecule has 0 N–H and O–H groups in total. The van der Waals surface area contributed by atoms with E-state index in [0.29, 0.717) is 27.4 Å². The number of hydrogen-bond acceptors (Lipinski definition) is 3. The fraction of sp³-hybridized carbons (Fsp3) is 0.0227. The number of fused-ring (bicyclic) bond motifs is 10. The van der Waals surface area contributed by atoms with Crippen LogP contribution in [-0.4, -0.2) is 14.1 Å². The smallest absolute Gasteiger partial charge is 0.416 e. The van der Waals surface area contributed by atoms with Crippen molar-refractivity contribution < 1.29 is 22.0 Å². The summed E-state index contributed by atoms with van der Waals surface area (Å²) >= 11 is 0. The molecule has 0 aliphatic rings. The molecular formula is C44H24F3N3O2. The van der Waals surface area contributed by atoms with Crippen LogP contribution in [0.3, 0.4) is 0 Å². The number of rotatable bonds is 3. The maximum atomic E-state index is 14.1. The lowest BCUT2D eigenvalue weighted by Gasteiger charge is -2.10. The van der Waals surface area contributed by atoms with Gasteiger partial charge in [-0.15, -0.1) is 0 Å². The van der Waals surface area contributed by atoms with E-state index in [0.717, 1.165) is 67.1 Å². The summed E-state index contributed by atoms with van der Waals surface area (Å²) in [7, 11) is 0. The van der Waals surface area contributed by atoms with Gasteiger partial charge in [-0.3, -0.25) is 0 Å². The third kappa shape index (κ3) is 4.15. The molecule has 0 fully saturated rings. The van der Waals surface area contributed by atoms with Gasteiger partial charge in [0.05, 0.1) is 27.6 Å². The molecule has 0 aliphatic heterocycles. The zero-order valence-electron chi connectivity index (χ0n) is 27.1. The molecule has 0 saturated carbocycles. The molecule has 0 aliphatic carbocycles. The predicted molar refractivity (Wildman–Crippen MR) is 200 cm³/mol. The highest BCUT2D eigenvalue weighted by atomic mass is 19.4. The highest BCUT2D eigenvalue weighted by Crippen LogP contribution is 2.41. The van der Waals surface area contributed by atoms with E-state index in [1.165, 1.54) is 23.2 Å². The molecule has 11 rings (SSSR count). The molecule has 4 heterocycles. The van der Waals surface area contributed by atoms with E-state index in [2.05, 4.69) is 76.3 Å². The number of halogens is 3. The second-order valence-corrected chi connectivity index (χ2v) is 13.2. The monoisotopic (exact) mass is 683 g/mol. The molecule has 248 valence electrons. The lowest BCUT2D eigenvalue weighted by Crippen LogP contribution is -2.04. The van der Waals surface area contributed by atoms with Crippen molar-refractivity contribution in [1.29, 1.82) is 0 Å². The first-order chi connectivity index (χ1) is 25.4. The molecule has 0 bridgehead atoms. The molecule has 0 spiro atoms. The molecule has 11 aromatic rings. The van der Waals surface area contributed by atoms with Crippen molar-refractivity contribution in [3.05, 3.63) is 151 Å². The highest BCUT2D eigenvalue weighted by molar-refractivity contribution is 6.13. The SMILES string of the molecule is FC(F)(F)c1ccc2c(c1)c1cc(-c3ccc4ocnc4c3)ccc1n2-c1ccc2oc3ccc(-n4c5ccccc5c5ccccc54)cc3c2c1. The van der Waals surface area contributed by atoms with Crippen molar-refractivity contribution in [3.63, 3.8) is 0 Å². The minimum Gasteiger partial charge on any atom is -0.456 e. The van der Waals surface area contributed by atoms with E-state index < -0.39 is 11.7 Å². The van der Waals surface area contributed by atoms with Crippen LogP contribution >= 0.6 is 0 Å². The third-order valence-electron chi connectivity index (χ3n) is 10.3. The lowest BCUT2D eigenvalue weighted by molar-refractivity contribution is -0.137. The number of nitrogens with zero attached hydrogens (tertiary/aromatic N) is 3. The van der Waals surface area contributed by atoms with Gasteiger partial charge in [-0.05, 0) is 102 Å². The van der Waals surface area contributed by atoms with Crippen molar-refractivity contribution in [1.82, 2.24) is 14.1 Å². The van der Waals surface area contributed by atoms with Gasteiger partial charge >= 0.3 is 6.18 Å². The van der Waals surface area contributed by atoms with Crippen LogP contribution in [0.4, 0.5) is 13.2 Å². The molecular weight excluding hydrogens is 659 g/mol. The fourth-order valence-corrected chi connectivity index (χ4v) is 7.93. The van der Waals surface area contributed by atoms with Gasteiger partial charge in [-0.1, -0.05) is 48.5 Å². The maximum absolute atomic E-state index is 14.1. The van der Waals surface area contributed by atoms with E-state index in [1.54, 1.807) is 6.07 Å². The van der Waals surface area contributed by atoms with Crippen LogP contribution in [0.25, 0.3) is 99.2 Å². The number of alkyl halides is 3. The number of oxazole rings is 1. The van der Waals surface area contributed by atoms with Gasteiger partial charge in [0.15, 0.2) is 12.0 Å². The standard InChI is InChI=1S/C44H24F3N3O2/c45-44(46,47)27-11-15-40-33(21-27)32-19-25(26-10-16-43-36(20-26)48-24-51-43)9-14-39(32)50(40)29-13-18-42-35(23-29)34-22-28(12-17-41(34)52-42)49-37-7-3-1-5-30(37)31-6-2-4-8-38(31)49/h1-24H. The van der Waals surface area contributed by atoms with Gasteiger partial charge in [0.1, 0.15) is 16.7 Å². The number of benzene rings is 7. The van der Waals surface area contributed by atoms with E-state index in [1.807, 2.05) is 59.2 Å². The van der Waals surface area contributed by atoms with Crippen molar-refractivity contribution in [2.24, 2.45) is 0 Å². The summed E-state index contributed by atoms with van der Waals surface area (Å²) in [5.74, 6) is 0. The number of aromatic nitrogens is 3. The van der Waals surface area contributed by atoms with Crippen LogP contribution in [-0.2, 0) is 6.18 Å². The van der Waals surface area contributed by atoms with Crippen LogP contribution < -0.4 is 0 Å². The summed E-state index contributed by atoms with van der Waals surface area (Å²) in [5, 5.41) is 5.44. The van der Waals surface area contributed by atoms with Crippen LogP contribution in [0.2, 0.25) is 0 Å². The second-order valence-electron chi connectivity index (χ2n) is 13.2. The molecule has 8 heteroatoms. The minimum atomic E-state index is -4.49. The zero-order chi connectivity index (χ0) is 34.7. The zero-order valence-corrected chi connectivity index (χ0v) is 27.1. The van der Waals surface area contributed by atoms with Crippen molar-refractivity contribution in [2.75, 3.05) is 0 Å². The second kappa shape index (κ2) is 10.4. The molecule has 0 radical (unpaired) electrons. The van der Waals surface area contributed by atoms with Gasteiger partial charge < -0.3 is 18.0 Å². The third-order valence-corrected chi connectivity index (χ3v) is 10.3. The fourth-order valence-electron chi connectivity index (χ4n) is 7.93. The Kier molecular flexibility index (Phi) is 5.78. The van der Waals surface area contributed by atoms with E-state index in [-0.39, 0.29) is 0 Å². The van der Waals surface area contributed by atoms with Crippen molar-refractivity contribution in [2.45, 2.75) is 6.18 Å². The largest absolute Gasteiger partial charge is 0.456 e. The molecule has 0 amide bonds. The van der Waals surface area contributed by atoms with Crippen molar-refractivity contribution in [3.8, 4) is 22.5 Å². The quantitative estimate of drug-likeness (QED) is 0.186. The summed E-state index contributed by atoms with van der Waals surface area (Å²) in [6.45, 7) is 0. The molecule has 52 heavy (non-hydrogen) atoms. The highest BCUT2D eigenvalue weighted by Gasteiger charge is 2.31.